The van der Waals surface area contributed by atoms with Crippen LogP contribution in [0.3, 0.4) is 0 Å². The highest BCUT2D eigenvalue weighted by atomic mass is 16.4. The normalized spacial score (nSPS) is 10.1. The van der Waals surface area contributed by atoms with E-state index in [2.05, 4.69) is 0 Å². The number of aromatic carboxylic acids is 1. The molecule has 1 rings (SSSR count). The summed E-state index contributed by atoms with van der Waals surface area (Å²) < 4.78 is 1.03. The van der Waals surface area contributed by atoms with E-state index >= 15 is 0 Å². The van der Waals surface area contributed by atoms with Crippen molar-refractivity contribution in [2.75, 3.05) is 0 Å². The number of carboxylic acid groups (broad SMARTS) is 1. The Morgan fingerprint density at radius 2 is 2.21 bits per heavy atom. The fourth-order valence-electron chi connectivity index (χ4n) is 1.14. The van der Waals surface area contributed by atoms with Crippen LogP contribution >= 0.6 is 0 Å². The van der Waals surface area contributed by atoms with Crippen molar-refractivity contribution in [3.8, 4) is 0 Å². The van der Waals surface area contributed by atoms with E-state index in [-0.39, 0.29) is 12.2 Å². The van der Waals surface area contributed by atoms with E-state index < -0.39 is 17.2 Å². The monoisotopic (exact) mass is 198 g/mol. The van der Waals surface area contributed by atoms with Gasteiger partial charge in [0.05, 0.1) is 0 Å². The van der Waals surface area contributed by atoms with Gasteiger partial charge in [0.25, 0.3) is 5.56 Å². The van der Waals surface area contributed by atoms with Gasteiger partial charge >= 0.3 is 11.7 Å². The van der Waals surface area contributed by atoms with Gasteiger partial charge in [0.2, 0.25) is 0 Å². The second-order valence-electron chi connectivity index (χ2n) is 2.78. The van der Waals surface area contributed by atoms with E-state index in [1.54, 1.807) is 0 Å². The first kappa shape index (κ1) is 10.2. The number of H-pyrrole nitrogens is 1. The summed E-state index contributed by atoms with van der Waals surface area (Å²) >= 11 is 0. The minimum Gasteiger partial charge on any atom is -0.477 e. The van der Waals surface area contributed by atoms with Crippen LogP contribution in [0.2, 0.25) is 0 Å². The number of nitrogens with zero attached hydrogens (tertiary/aromatic N) is 1. The molecule has 0 atom stereocenters. The summed E-state index contributed by atoms with van der Waals surface area (Å²) in [6, 6.07) is 0.902. The minimum atomic E-state index is -1.28. The van der Waals surface area contributed by atoms with Gasteiger partial charge in [-0.3, -0.25) is 14.3 Å². The van der Waals surface area contributed by atoms with Crippen molar-refractivity contribution in [3.63, 3.8) is 0 Å². The molecule has 0 aliphatic heterocycles. The van der Waals surface area contributed by atoms with Gasteiger partial charge in [0.1, 0.15) is 5.69 Å². The summed E-state index contributed by atoms with van der Waals surface area (Å²) in [5.41, 5.74) is -1.66. The summed E-state index contributed by atoms with van der Waals surface area (Å²) in [5, 5.41) is 8.73. The van der Waals surface area contributed by atoms with Gasteiger partial charge in [0.15, 0.2) is 0 Å². The Hall–Kier alpha value is -1.85. The van der Waals surface area contributed by atoms with Crippen molar-refractivity contribution in [2.45, 2.75) is 19.9 Å². The van der Waals surface area contributed by atoms with Crippen LogP contribution in [0.1, 0.15) is 23.8 Å². The van der Waals surface area contributed by atoms with Gasteiger partial charge in [0, 0.05) is 12.6 Å². The number of hydrogen-bond acceptors (Lipinski definition) is 3. The third-order valence-corrected chi connectivity index (χ3v) is 1.70. The highest BCUT2D eigenvalue weighted by Gasteiger charge is 2.11. The molecule has 6 heteroatoms. The average molecular weight is 198 g/mol. The largest absolute Gasteiger partial charge is 0.477 e. The van der Waals surface area contributed by atoms with E-state index in [4.69, 9.17) is 5.11 Å². The van der Waals surface area contributed by atoms with Gasteiger partial charge in [-0.1, -0.05) is 6.92 Å². The molecular formula is C8H10N2O4. The molecule has 0 saturated carbocycles. The number of carbonyl (C=O) groups is 1. The lowest BCUT2D eigenvalue weighted by Crippen LogP contribution is -2.33. The van der Waals surface area contributed by atoms with Crippen LogP contribution in [0.4, 0.5) is 0 Å². The first-order chi connectivity index (χ1) is 6.56. The van der Waals surface area contributed by atoms with E-state index in [1.165, 1.54) is 0 Å². The molecular weight excluding hydrogens is 188 g/mol. The van der Waals surface area contributed by atoms with Crippen molar-refractivity contribution in [1.29, 1.82) is 0 Å². The Kier molecular flexibility index (Phi) is 2.85. The maximum atomic E-state index is 11.2. The summed E-state index contributed by atoms with van der Waals surface area (Å²) in [5.74, 6) is -1.28. The summed E-state index contributed by atoms with van der Waals surface area (Å²) in [7, 11) is 0. The van der Waals surface area contributed by atoms with Crippen LogP contribution in [-0.4, -0.2) is 20.6 Å². The van der Waals surface area contributed by atoms with Crippen LogP contribution in [0.15, 0.2) is 15.7 Å². The molecule has 14 heavy (non-hydrogen) atoms. The number of nitrogens with one attached hydrogen (secondary N) is 1. The molecule has 0 aliphatic carbocycles. The lowest BCUT2D eigenvalue weighted by molar-refractivity contribution is 0.0682. The second kappa shape index (κ2) is 3.91. The van der Waals surface area contributed by atoms with Crippen LogP contribution in [0, 0.1) is 0 Å². The van der Waals surface area contributed by atoms with Gasteiger partial charge in [-0.05, 0) is 6.42 Å². The Balaban J connectivity index is 3.44. The number of rotatable bonds is 3. The van der Waals surface area contributed by atoms with Crippen molar-refractivity contribution >= 4 is 5.97 Å². The van der Waals surface area contributed by atoms with Crippen LogP contribution < -0.4 is 11.2 Å². The Morgan fingerprint density at radius 1 is 1.57 bits per heavy atom. The third kappa shape index (κ3) is 1.90. The molecule has 0 unspecified atom stereocenters. The maximum absolute atomic E-state index is 11.2. The number of aromatic amines is 1. The van der Waals surface area contributed by atoms with Crippen molar-refractivity contribution in [1.82, 2.24) is 9.55 Å². The van der Waals surface area contributed by atoms with E-state index in [0.717, 1.165) is 10.6 Å². The Labute approximate surface area is 78.8 Å². The molecule has 1 aromatic heterocycles. The predicted octanol–water partition coefficient (Wildman–Crippen LogP) is -0.355. The van der Waals surface area contributed by atoms with E-state index in [0.29, 0.717) is 6.42 Å². The van der Waals surface area contributed by atoms with Gasteiger partial charge in [-0.15, -0.1) is 0 Å². The fraction of sp³-hybridized carbons (Fsp3) is 0.375. The molecule has 0 spiro atoms. The quantitative estimate of drug-likeness (QED) is 0.694. The molecule has 0 fully saturated rings. The van der Waals surface area contributed by atoms with Crippen molar-refractivity contribution in [3.05, 3.63) is 32.6 Å². The van der Waals surface area contributed by atoms with Crippen LogP contribution in [0.5, 0.6) is 0 Å². The molecule has 1 aromatic rings. The molecule has 0 aromatic carbocycles. The zero-order valence-electron chi connectivity index (χ0n) is 7.61. The van der Waals surface area contributed by atoms with Crippen molar-refractivity contribution < 1.29 is 9.90 Å². The topological polar surface area (TPSA) is 92.2 Å². The lowest BCUT2D eigenvalue weighted by atomic mass is 10.3. The fourth-order valence-corrected chi connectivity index (χ4v) is 1.14. The average Bonchev–Trinajstić information content (AvgIpc) is 2.09. The van der Waals surface area contributed by atoms with Crippen LogP contribution in [0.25, 0.3) is 0 Å². The molecule has 76 valence electrons. The van der Waals surface area contributed by atoms with Gasteiger partial charge in [-0.25, -0.2) is 9.59 Å². The molecule has 0 radical (unpaired) electrons. The zero-order valence-corrected chi connectivity index (χ0v) is 7.61. The molecule has 0 aliphatic rings. The van der Waals surface area contributed by atoms with Crippen molar-refractivity contribution in [2.24, 2.45) is 0 Å². The molecule has 2 N–H and O–H groups in total. The Morgan fingerprint density at radius 3 is 2.71 bits per heavy atom. The number of hydrogen-bond donors (Lipinski definition) is 2. The third-order valence-electron chi connectivity index (χ3n) is 1.70. The lowest BCUT2D eigenvalue weighted by Gasteiger charge is -2.06. The molecule has 0 saturated heterocycles. The van der Waals surface area contributed by atoms with Gasteiger partial charge < -0.3 is 5.11 Å². The van der Waals surface area contributed by atoms with E-state index in [9.17, 15) is 14.4 Å². The summed E-state index contributed by atoms with van der Waals surface area (Å²) in [6.45, 7) is 2.08. The SMILES string of the molecule is CCCn1c(C(=O)O)cc(=O)[nH]c1=O. The number of aromatic nitrogens is 2. The minimum absolute atomic E-state index is 0.275. The maximum Gasteiger partial charge on any atom is 0.352 e. The molecule has 1 heterocycles. The van der Waals surface area contributed by atoms with Gasteiger partial charge in [-0.2, -0.15) is 0 Å². The smallest absolute Gasteiger partial charge is 0.352 e. The summed E-state index contributed by atoms with van der Waals surface area (Å²) in [6.07, 6.45) is 0.617. The van der Waals surface area contributed by atoms with E-state index in [1.807, 2.05) is 11.9 Å². The first-order valence-corrected chi connectivity index (χ1v) is 4.13. The second-order valence-corrected chi connectivity index (χ2v) is 2.78. The molecule has 0 amide bonds. The van der Waals surface area contributed by atoms with Crippen LogP contribution in [-0.2, 0) is 6.54 Å². The summed E-state index contributed by atoms with van der Waals surface area (Å²) in [4.78, 5) is 34.7. The standard InChI is InChI=1S/C8H10N2O4/c1-2-3-10-5(7(12)13)4-6(11)9-8(10)14/h4H,2-3H2,1H3,(H,12,13)(H,9,11,14). The zero-order chi connectivity index (χ0) is 10.7. The number of carboxylic acids is 1. The predicted molar refractivity (Wildman–Crippen MR) is 48.6 cm³/mol. The Bertz CT molecular complexity index is 457. The first-order valence-electron chi connectivity index (χ1n) is 4.13. The molecule has 6 nitrogen and oxygen atoms in total. The molecule has 0 bridgehead atoms. The highest BCUT2D eigenvalue weighted by molar-refractivity contribution is 5.85. The highest BCUT2D eigenvalue weighted by Crippen LogP contribution is 1.93.